The lowest BCUT2D eigenvalue weighted by Crippen LogP contribution is -2.23. The van der Waals surface area contributed by atoms with Crippen LogP contribution in [0.5, 0.6) is 0 Å². The molecule has 118 valence electrons. The molecule has 0 aliphatic heterocycles. The number of aromatic nitrogens is 1. The average molecular weight is 292 g/mol. The van der Waals surface area contributed by atoms with Crippen LogP contribution in [-0.2, 0) is 6.42 Å². The van der Waals surface area contributed by atoms with Crippen LogP contribution in [0.2, 0.25) is 0 Å². The van der Waals surface area contributed by atoms with E-state index in [0.717, 1.165) is 25.1 Å². The molecule has 0 fully saturated rings. The van der Waals surface area contributed by atoms with Gasteiger partial charge in [0.05, 0.1) is 5.56 Å². The Hall–Kier alpha value is -1.58. The fourth-order valence-electron chi connectivity index (χ4n) is 2.25. The highest BCUT2D eigenvalue weighted by Gasteiger charge is 2.17. The van der Waals surface area contributed by atoms with Crippen LogP contribution in [0.25, 0.3) is 0 Å². The topological polar surface area (TPSA) is 62.2 Å². The van der Waals surface area contributed by atoms with Gasteiger partial charge in [-0.2, -0.15) is 0 Å². The van der Waals surface area contributed by atoms with Gasteiger partial charge in [-0.3, -0.25) is 0 Å². The molecule has 4 heteroatoms. The van der Waals surface area contributed by atoms with Gasteiger partial charge in [0.2, 0.25) is 0 Å². The molecule has 1 aromatic heterocycles. The summed E-state index contributed by atoms with van der Waals surface area (Å²) in [5.41, 5.74) is 1.29. The van der Waals surface area contributed by atoms with E-state index in [-0.39, 0.29) is 5.41 Å². The molecule has 0 bridgehead atoms. The van der Waals surface area contributed by atoms with Crippen molar-refractivity contribution in [1.82, 2.24) is 4.98 Å². The molecule has 0 aromatic carbocycles. The molecular weight excluding hydrogens is 264 g/mol. The molecule has 0 atom stereocenters. The third kappa shape index (κ3) is 6.15. The van der Waals surface area contributed by atoms with Crippen LogP contribution in [0.4, 0.5) is 5.82 Å². The lowest BCUT2D eigenvalue weighted by atomic mass is 9.87. The van der Waals surface area contributed by atoms with Gasteiger partial charge >= 0.3 is 5.97 Å². The molecule has 0 amide bonds. The van der Waals surface area contributed by atoms with E-state index in [0.29, 0.717) is 11.4 Å². The zero-order chi connectivity index (χ0) is 15.9. The number of nitrogens with zero attached hydrogens (tertiary/aromatic N) is 1. The van der Waals surface area contributed by atoms with Gasteiger partial charge in [0.25, 0.3) is 0 Å². The lowest BCUT2D eigenvalue weighted by molar-refractivity contribution is 0.0696. The number of anilines is 1. The number of hydrogen-bond donors (Lipinski definition) is 2. The van der Waals surface area contributed by atoms with Crippen molar-refractivity contribution in [2.45, 2.75) is 59.8 Å². The smallest absolute Gasteiger partial charge is 0.335 e. The molecule has 2 N–H and O–H groups in total. The number of pyridine rings is 1. The van der Waals surface area contributed by atoms with Crippen LogP contribution in [0.1, 0.15) is 69.4 Å². The molecule has 0 saturated carbocycles. The molecule has 0 aliphatic rings. The van der Waals surface area contributed by atoms with Gasteiger partial charge in [-0.05, 0) is 30.4 Å². The molecule has 21 heavy (non-hydrogen) atoms. The Morgan fingerprint density at radius 2 is 2.00 bits per heavy atom. The largest absolute Gasteiger partial charge is 0.478 e. The highest BCUT2D eigenvalue weighted by Crippen LogP contribution is 2.24. The van der Waals surface area contributed by atoms with Crippen molar-refractivity contribution in [3.8, 4) is 0 Å². The van der Waals surface area contributed by atoms with E-state index < -0.39 is 5.97 Å². The number of carboxylic acids is 1. The molecule has 0 radical (unpaired) electrons. The minimum Gasteiger partial charge on any atom is -0.478 e. The maximum atomic E-state index is 11.1. The third-order valence-corrected chi connectivity index (χ3v) is 3.69. The quantitative estimate of drug-likeness (QED) is 0.664. The zero-order valence-corrected chi connectivity index (χ0v) is 13.7. The Balaban J connectivity index is 2.69. The molecule has 0 unspecified atom stereocenters. The zero-order valence-electron chi connectivity index (χ0n) is 13.7. The highest BCUT2D eigenvalue weighted by molar-refractivity contribution is 5.88. The van der Waals surface area contributed by atoms with E-state index in [9.17, 15) is 4.79 Å². The van der Waals surface area contributed by atoms with E-state index >= 15 is 0 Å². The van der Waals surface area contributed by atoms with Crippen molar-refractivity contribution in [3.63, 3.8) is 0 Å². The monoisotopic (exact) mass is 292 g/mol. The predicted octanol–water partition coefficient (Wildman–Crippen LogP) is 4.36. The van der Waals surface area contributed by atoms with Gasteiger partial charge in [0.15, 0.2) is 0 Å². The molecule has 4 nitrogen and oxygen atoms in total. The van der Waals surface area contributed by atoms with E-state index in [2.05, 4.69) is 31.1 Å². The SMILES string of the molecule is CCCCCC(C)(C)CNc1cc(C(=O)O)cc(CC)n1. The summed E-state index contributed by atoms with van der Waals surface area (Å²) in [7, 11) is 0. The summed E-state index contributed by atoms with van der Waals surface area (Å²) in [5, 5.41) is 12.5. The second-order valence-electron chi connectivity index (χ2n) is 6.37. The average Bonchev–Trinajstić information content (AvgIpc) is 2.45. The molecule has 0 aliphatic carbocycles. The number of aromatic carboxylic acids is 1. The molecule has 1 heterocycles. The van der Waals surface area contributed by atoms with Gasteiger partial charge < -0.3 is 10.4 Å². The number of unbranched alkanes of at least 4 members (excludes halogenated alkanes) is 2. The fraction of sp³-hybridized carbons (Fsp3) is 0.647. The number of hydrogen-bond acceptors (Lipinski definition) is 3. The Morgan fingerprint density at radius 3 is 2.57 bits per heavy atom. The molecule has 0 spiro atoms. The van der Waals surface area contributed by atoms with Crippen LogP contribution >= 0.6 is 0 Å². The summed E-state index contributed by atoms with van der Waals surface area (Å²) in [6, 6.07) is 3.25. The highest BCUT2D eigenvalue weighted by atomic mass is 16.4. The summed E-state index contributed by atoms with van der Waals surface area (Å²) >= 11 is 0. The second-order valence-corrected chi connectivity index (χ2v) is 6.37. The molecule has 1 rings (SSSR count). The standard InChI is InChI=1S/C17H28N2O2/c1-5-7-8-9-17(3,4)12-18-15-11-13(16(20)21)10-14(6-2)19-15/h10-11H,5-9,12H2,1-4H3,(H,18,19)(H,20,21). The normalized spacial score (nSPS) is 11.4. The summed E-state index contributed by atoms with van der Waals surface area (Å²) < 4.78 is 0. The van der Waals surface area contributed by atoms with Gasteiger partial charge in [-0.25, -0.2) is 9.78 Å². The Kier molecular flexibility index (Phi) is 6.66. The number of rotatable bonds is 9. The van der Waals surface area contributed by atoms with Crippen LogP contribution in [0, 0.1) is 5.41 Å². The van der Waals surface area contributed by atoms with Gasteiger partial charge in [-0.1, -0.05) is 47.0 Å². The van der Waals surface area contributed by atoms with E-state index in [1.807, 2.05) is 6.92 Å². The first-order valence-electron chi connectivity index (χ1n) is 7.86. The first-order valence-corrected chi connectivity index (χ1v) is 7.86. The Labute approximate surface area is 128 Å². The van der Waals surface area contributed by atoms with E-state index in [1.54, 1.807) is 12.1 Å². The van der Waals surface area contributed by atoms with Crippen molar-refractivity contribution in [1.29, 1.82) is 0 Å². The number of nitrogens with one attached hydrogen (secondary N) is 1. The minimum atomic E-state index is -0.905. The predicted molar refractivity (Wildman–Crippen MR) is 87.0 cm³/mol. The van der Waals surface area contributed by atoms with Crippen LogP contribution in [-0.4, -0.2) is 22.6 Å². The van der Waals surface area contributed by atoms with Crippen LogP contribution in [0.15, 0.2) is 12.1 Å². The number of carbonyl (C=O) groups is 1. The second kappa shape index (κ2) is 8.01. The van der Waals surface area contributed by atoms with Crippen molar-refractivity contribution >= 4 is 11.8 Å². The maximum absolute atomic E-state index is 11.1. The van der Waals surface area contributed by atoms with Crippen molar-refractivity contribution < 1.29 is 9.90 Å². The van der Waals surface area contributed by atoms with Crippen molar-refractivity contribution in [2.24, 2.45) is 5.41 Å². The lowest BCUT2D eigenvalue weighted by Gasteiger charge is -2.25. The summed E-state index contributed by atoms with van der Waals surface area (Å²) in [6.07, 6.45) is 5.61. The third-order valence-electron chi connectivity index (χ3n) is 3.69. The number of aryl methyl sites for hydroxylation is 1. The molecule has 1 aromatic rings. The summed E-state index contributed by atoms with van der Waals surface area (Å²) in [6.45, 7) is 9.45. The fourth-order valence-corrected chi connectivity index (χ4v) is 2.25. The Bertz CT molecular complexity index is 470. The number of carboxylic acid groups (broad SMARTS) is 1. The molecular formula is C17H28N2O2. The Morgan fingerprint density at radius 1 is 1.29 bits per heavy atom. The first kappa shape index (κ1) is 17.5. The van der Waals surface area contributed by atoms with E-state index in [1.165, 1.54) is 19.3 Å². The van der Waals surface area contributed by atoms with Gasteiger partial charge in [0.1, 0.15) is 5.82 Å². The van der Waals surface area contributed by atoms with Gasteiger partial charge in [0, 0.05) is 12.2 Å². The summed E-state index contributed by atoms with van der Waals surface area (Å²) in [5.74, 6) is -0.243. The minimum absolute atomic E-state index is 0.183. The van der Waals surface area contributed by atoms with Gasteiger partial charge in [-0.15, -0.1) is 0 Å². The van der Waals surface area contributed by atoms with E-state index in [4.69, 9.17) is 5.11 Å². The van der Waals surface area contributed by atoms with Crippen LogP contribution in [0.3, 0.4) is 0 Å². The summed E-state index contributed by atoms with van der Waals surface area (Å²) in [4.78, 5) is 15.6. The van der Waals surface area contributed by atoms with Crippen molar-refractivity contribution in [2.75, 3.05) is 11.9 Å². The van der Waals surface area contributed by atoms with Crippen LogP contribution < -0.4 is 5.32 Å². The molecule has 0 saturated heterocycles. The first-order chi connectivity index (χ1) is 9.88. The van der Waals surface area contributed by atoms with Crippen molar-refractivity contribution in [3.05, 3.63) is 23.4 Å². The maximum Gasteiger partial charge on any atom is 0.335 e.